The Hall–Kier alpha value is -2.31. The second kappa shape index (κ2) is 8.18. The molecule has 8 heteroatoms. The molecule has 130 valence electrons. The summed E-state index contributed by atoms with van der Waals surface area (Å²) >= 11 is 11.8. The summed E-state index contributed by atoms with van der Waals surface area (Å²) in [5, 5.41) is 10.6. The van der Waals surface area contributed by atoms with Gasteiger partial charge in [-0.15, -0.1) is 0 Å². The third-order valence-electron chi connectivity index (χ3n) is 3.61. The van der Waals surface area contributed by atoms with Crippen molar-refractivity contribution in [1.82, 2.24) is 10.3 Å². The van der Waals surface area contributed by atoms with Gasteiger partial charge in [0.25, 0.3) is 5.91 Å². The second-order valence-corrected chi connectivity index (χ2v) is 6.26. The van der Waals surface area contributed by atoms with Crippen LogP contribution in [0.4, 0.5) is 5.82 Å². The molecule has 3 rings (SSSR count). The van der Waals surface area contributed by atoms with Crippen molar-refractivity contribution < 1.29 is 9.63 Å². The van der Waals surface area contributed by atoms with Crippen LogP contribution in [-0.4, -0.2) is 29.7 Å². The topological polar surface area (TPSA) is 75.6 Å². The van der Waals surface area contributed by atoms with E-state index in [0.717, 1.165) is 5.56 Å². The van der Waals surface area contributed by atoms with E-state index < -0.39 is 0 Å². The first-order valence-electron chi connectivity index (χ1n) is 7.74. The number of aromatic nitrogens is 1. The molecule has 25 heavy (non-hydrogen) atoms. The molecule has 0 spiro atoms. The van der Waals surface area contributed by atoms with Crippen LogP contribution in [0.5, 0.6) is 0 Å². The minimum absolute atomic E-state index is 0.211. The number of anilines is 1. The molecule has 0 saturated carbocycles. The van der Waals surface area contributed by atoms with Gasteiger partial charge in [-0.2, -0.15) is 0 Å². The lowest BCUT2D eigenvalue weighted by atomic mass is 10.0. The van der Waals surface area contributed by atoms with Gasteiger partial charge in [0, 0.05) is 25.7 Å². The molecule has 1 aliphatic heterocycles. The number of amides is 1. The fourth-order valence-electron chi connectivity index (χ4n) is 2.36. The van der Waals surface area contributed by atoms with Gasteiger partial charge in [0.1, 0.15) is 11.5 Å². The molecule has 0 radical (unpaired) electrons. The van der Waals surface area contributed by atoms with Crippen LogP contribution in [0.3, 0.4) is 0 Å². The average Bonchev–Trinajstić information content (AvgIpc) is 3.11. The first kappa shape index (κ1) is 17.5. The summed E-state index contributed by atoms with van der Waals surface area (Å²) in [4.78, 5) is 21.6. The lowest BCUT2D eigenvalue weighted by molar-refractivity contribution is -0.114. The summed E-state index contributed by atoms with van der Waals surface area (Å²) in [5.41, 5.74) is 1.38. The zero-order valence-corrected chi connectivity index (χ0v) is 14.7. The molecule has 2 heterocycles. The van der Waals surface area contributed by atoms with Crippen LogP contribution in [0.2, 0.25) is 10.0 Å². The number of oxime groups is 1. The van der Waals surface area contributed by atoms with E-state index in [9.17, 15) is 4.79 Å². The molecule has 2 N–H and O–H groups in total. The Labute approximate surface area is 155 Å². The van der Waals surface area contributed by atoms with Crippen molar-refractivity contribution in [2.24, 2.45) is 5.16 Å². The Morgan fingerprint density at radius 3 is 2.80 bits per heavy atom. The monoisotopic (exact) mass is 378 g/mol. The number of nitrogens with one attached hydrogen (secondary N) is 2. The highest BCUT2D eigenvalue weighted by Gasteiger charge is 2.26. The van der Waals surface area contributed by atoms with Crippen LogP contribution in [0.15, 0.2) is 47.8 Å². The number of nitrogens with zero attached hydrogens (tertiary/aromatic N) is 2. The molecular weight excluding hydrogens is 363 g/mol. The molecule has 1 aliphatic rings. The molecule has 1 aromatic carbocycles. The van der Waals surface area contributed by atoms with Gasteiger partial charge in [-0.05, 0) is 11.6 Å². The fraction of sp³-hybridized carbons (Fsp3) is 0.235. The Bertz CT molecular complexity index is 783. The van der Waals surface area contributed by atoms with Crippen LogP contribution in [0.25, 0.3) is 0 Å². The Morgan fingerprint density at radius 1 is 1.24 bits per heavy atom. The van der Waals surface area contributed by atoms with Gasteiger partial charge in [-0.1, -0.05) is 58.7 Å². The van der Waals surface area contributed by atoms with Crippen molar-refractivity contribution in [3.05, 3.63) is 58.2 Å². The van der Waals surface area contributed by atoms with Gasteiger partial charge < -0.3 is 15.5 Å². The summed E-state index contributed by atoms with van der Waals surface area (Å²) < 4.78 is 0. The highest BCUT2D eigenvalue weighted by Crippen LogP contribution is 2.26. The minimum atomic E-state index is -0.240. The number of halogens is 2. The van der Waals surface area contributed by atoms with Crippen molar-refractivity contribution in [1.29, 1.82) is 0 Å². The molecule has 6 nitrogen and oxygen atoms in total. The largest absolute Gasteiger partial charge is 0.387 e. The van der Waals surface area contributed by atoms with E-state index >= 15 is 0 Å². The smallest absolute Gasteiger partial charge is 0.269 e. The summed E-state index contributed by atoms with van der Waals surface area (Å²) in [6, 6.07) is 11.3. The second-order valence-electron chi connectivity index (χ2n) is 5.41. The molecule has 1 aromatic heterocycles. The van der Waals surface area contributed by atoms with Crippen LogP contribution in [-0.2, 0) is 9.63 Å². The average molecular weight is 379 g/mol. The molecule has 1 unspecified atom stereocenters. The summed E-state index contributed by atoms with van der Waals surface area (Å²) in [7, 11) is 0. The molecule has 0 bridgehead atoms. The van der Waals surface area contributed by atoms with Crippen LogP contribution < -0.4 is 10.6 Å². The Kier molecular flexibility index (Phi) is 5.73. The first-order valence-corrected chi connectivity index (χ1v) is 8.50. The molecule has 1 amide bonds. The molecular formula is C17H16Cl2N4O2. The van der Waals surface area contributed by atoms with Gasteiger partial charge in [0.15, 0.2) is 6.10 Å². The van der Waals surface area contributed by atoms with Crippen molar-refractivity contribution >= 4 is 40.6 Å². The molecule has 0 fully saturated rings. The lowest BCUT2D eigenvalue weighted by Gasteiger charge is -2.09. The zero-order valence-electron chi connectivity index (χ0n) is 13.2. The summed E-state index contributed by atoms with van der Waals surface area (Å²) in [5.74, 6) is 0.279. The third kappa shape index (κ3) is 4.61. The van der Waals surface area contributed by atoms with E-state index in [1.807, 2.05) is 30.3 Å². The quantitative estimate of drug-likeness (QED) is 0.754. The number of rotatable bonds is 6. The number of hydrogen-bond donors (Lipinski definition) is 2. The zero-order chi connectivity index (χ0) is 17.6. The van der Waals surface area contributed by atoms with E-state index in [0.29, 0.717) is 41.1 Å². The summed E-state index contributed by atoms with van der Waals surface area (Å²) in [6.45, 7) is 0.866. The van der Waals surface area contributed by atoms with E-state index in [2.05, 4.69) is 20.8 Å². The highest BCUT2D eigenvalue weighted by molar-refractivity contribution is 6.39. The standard InChI is InChI=1S/C17H16Cl2N4O2/c18-12-8-13(19)16(22-10-12)20-6-7-21-17(24)14-9-15(25-23-14)11-4-2-1-3-5-11/h1-5,8,10,15H,6-7,9H2,(H,20,22)(H,21,24). The number of carbonyl (C=O) groups excluding carboxylic acids is 1. The number of benzene rings is 1. The third-order valence-corrected chi connectivity index (χ3v) is 4.11. The number of carbonyl (C=O) groups is 1. The number of hydrogen-bond acceptors (Lipinski definition) is 5. The molecule has 2 aromatic rings. The lowest BCUT2D eigenvalue weighted by Crippen LogP contribution is -2.34. The SMILES string of the molecule is O=C(NCCNc1ncc(Cl)cc1Cl)C1=NOC(c2ccccc2)C1. The van der Waals surface area contributed by atoms with Gasteiger partial charge >= 0.3 is 0 Å². The van der Waals surface area contributed by atoms with E-state index in [1.165, 1.54) is 6.20 Å². The molecule has 1 atom stereocenters. The predicted octanol–water partition coefficient (Wildman–Crippen LogP) is 3.43. The first-order chi connectivity index (χ1) is 12.1. The fourth-order valence-corrected chi connectivity index (χ4v) is 2.81. The van der Waals surface area contributed by atoms with Gasteiger partial charge in [-0.3, -0.25) is 4.79 Å². The number of pyridine rings is 1. The van der Waals surface area contributed by atoms with Crippen LogP contribution >= 0.6 is 23.2 Å². The maximum atomic E-state index is 12.1. The van der Waals surface area contributed by atoms with Crippen molar-refractivity contribution in [3.8, 4) is 0 Å². The van der Waals surface area contributed by atoms with Gasteiger partial charge in [0.2, 0.25) is 0 Å². The van der Waals surface area contributed by atoms with Crippen molar-refractivity contribution in [2.45, 2.75) is 12.5 Å². The maximum Gasteiger partial charge on any atom is 0.269 e. The Balaban J connectivity index is 1.43. The van der Waals surface area contributed by atoms with Crippen LogP contribution in [0.1, 0.15) is 18.1 Å². The minimum Gasteiger partial charge on any atom is -0.387 e. The van der Waals surface area contributed by atoms with E-state index in [-0.39, 0.29) is 12.0 Å². The van der Waals surface area contributed by atoms with Gasteiger partial charge in [-0.25, -0.2) is 4.98 Å². The summed E-state index contributed by atoms with van der Waals surface area (Å²) in [6.07, 6.45) is 1.74. The van der Waals surface area contributed by atoms with E-state index in [1.54, 1.807) is 6.07 Å². The van der Waals surface area contributed by atoms with Crippen LogP contribution in [0, 0.1) is 0 Å². The highest BCUT2D eigenvalue weighted by atomic mass is 35.5. The van der Waals surface area contributed by atoms with Gasteiger partial charge in [0.05, 0.1) is 10.0 Å². The van der Waals surface area contributed by atoms with Crippen molar-refractivity contribution in [2.75, 3.05) is 18.4 Å². The van der Waals surface area contributed by atoms with E-state index in [4.69, 9.17) is 28.0 Å². The maximum absolute atomic E-state index is 12.1. The molecule has 0 saturated heterocycles. The normalized spacial score (nSPS) is 16.1. The predicted molar refractivity (Wildman–Crippen MR) is 98.1 cm³/mol. The Morgan fingerprint density at radius 2 is 2.04 bits per heavy atom. The molecule has 0 aliphatic carbocycles. The van der Waals surface area contributed by atoms with Crippen molar-refractivity contribution in [3.63, 3.8) is 0 Å².